The van der Waals surface area contributed by atoms with Crippen LogP contribution in [0.1, 0.15) is 39.5 Å². The monoisotopic (exact) mass is 229 g/mol. The lowest BCUT2D eigenvalue weighted by molar-refractivity contribution is -0.142. The molecule has 1 aliphatic rings. The van der Waals surface area contributed by atoms with Crippen LogP contribution in [0.2, 0.25) is 0 Å². The van der Waals surface area contributed by atoms with Gasteiger partial charge in [0.05, 0.1) is 12.1 Å². The Morgan fingerprint density at radius 1 is 1.50 bits per heavy atom. The van der Waals surface area contributed by atoms with Crippen LogP contribution in [0.25, 0.3) is 0 Å². The van der Waals surface area contributed by atoms with Gasteiger partial charge in [0.2, 0.25) is 5.91 Å². The van der Waals surface area contributed by atoms with E-state index in [0.717, 1.165) is 32.2 Å². The third-order valence-electron chi connectivity index (χ3n) is 3.34. The highest BCUT2D eigenvalue weighted by Gasteiger charge is 2.42. The fourth-order valence-corrected chi connectivity index (χ4v) is 2.56. The number of likely N-dealkylation sites (tertiary alicyclic amines) is 1. The fraction of sp³-hybridized carbons (Fsp3) is 0.917. The van der Waals surface area contributed by atoms with E-state index >= 15 is 0 Å². The van der Waals surface area contributed by atoms with E-state index in [4.69, 9.17) is 4.74 Å². The van der Waals surface area contributed by atoms with E-state index in [2.05, 4.69) is 6.92 Å². The predicted octanol–water partition coefficient (Wildman–Crippen LogP) is 1.18. The molecule has 0 spiro atoms. The standard InChI is InChI=1S/C12H23NO3/c1-3-6-12(10-14)7-5-8-13(12)11(15)9-16-4-2/h14H,3-10H2,1-2H3. The topological polar surface area (TPSA) is 49.8 Å². The van der Waals surface area contributed by atoms with Crippen LogP contribution in [0.3, 0.4) is 0 Å². The molecule has 1 saturated heterocycles. The normalized spacial score (nSPS) is 25.1. The van der Waals surface area contributed by atoms with Gasteiger partial charge in [0.15, 0.2) is 0 Å². The Morgan fingerprint density at radius 2 is 2.25 bits per heavy atom. The van der Waals surface area contributed by atoms with Gasteiger partial charge in [0.25, 0.3) is 0 Å². The maximum Gasteiger partial charge on any atom is 0.249 e. The summed E-state index contributed by atoms with van der Waals surface area (Å²) in [6.07, 6.45) is 3.76. The third kappa shape index (κ3) is 2.74. The summed E-state index contributed by atoms with van der Waals surface area (Å²) in [6, 6.07) is 0. The van der Waals surface area contributed by atoms with Crippen LogP contribution >= 0.6 is 0 Å². The minimum absolute atomic E-state index is 0.0156. The molecular formula is C12H23NO3. The third-order valence-corrected chi connectivity index (χ3v) is 3.34. The number of nitrogens with zero attached hydrogens (tertiary/aromatic N) is 1. The zero-order valence-corrected chi connectivity index (χ0v) is 10.4. The van der Waals surface area contributed by atoms with Gasteiger partial charge in [-0.3, -0.25) is 4.79 Å². The van der Waals surface area contributed by atoms with Crippen LogP contribution in [0.4, 0.5) is 0 Å². The summed E-state index contributed by atoms with van der Waals surface area (Å²) >= 11 is 0. The Balaban J connectivity index is 2.65. The summed E-state index contributed by atoms with van der Waals surface area (Å²) in [6.45, 7) is 5.48. The smallest absolute Gasteiger partial charge is 0.249 e. The Bertz CT molecular complexity index is 232. The summed E-state index contributed by atoms with van der Waals surface area (Å²) in [5.74, 6) is 0.0156. The molecule has 0 aromatic carbocycles. The highest BCUT2D eigenvalue weighted by atomic mass is 16.5. The average molecular weight is 229 g/mol. The van der Waals surface area contributed by atoms with Gasteiger partial charge in [-0.05, 0) is 26.2 Å². The Kier molecular flexibility index (Phi) is 5.22. The Morgan fingerprint density at radius 3 is 2.81 bits per heavy atom. The maximum atomic E-state index is 11.9. The summed E-state index contributed by atoms with van der Waals surface area (Å²) in [4.78, 5) is 13.8. The summed E-state index contributed by atoms with van der Waals surface area (Å²) < 4.78 is 5.15. The first-order valence-electron chi connectivity index (χ1n) is 6.19. The number of aliphatic hydroxyl groups excluding tert-OH is 1. The first-order chi connectivity index (χ1) is 7.70. The molecule has 0 aliphatic carbocycles. The van der Waals surface area contributed by atoms with Crippen LogP contribution in [0, 0.1) is 0 Å². The van der Waals surface area contributed by atoms with Crippen molar-refractivity contribution in [1.82, 2.24) is 4.90 Å². The van der Waals surface area contributed by atoms with Crippen LogP contribution in [0.15, 0.2) is 0 Å². The molecule has 0 aromatic heterocycles. The van der Waals surface area contributed by atoms with Gasteiger partial charge in [0, 0.05) is 13.2 Å². The number of ether oxygens (including phenoxy) is 1. The SMILES string of the molecule is CCCC1(CO)CCCN1C(=O)COCC. The highest BCUT2D eigenvalue weighted by molar-refractivity contribution is 5.78. The van der Waals surface area contributed by atoms with E-state index in [9.17, 15) is 9.90 Å². The molecule has 4 nitrogen and oxygen atoms in total. The van der Waals surface area contributed by atoms with Gasteiger partial charge in [-0.2, -0.15) is 0 Å². The van der Waals surface area contributed by atoms with Crippen molar-refractivity contribution in [3.8, 4) is 0 Å². The lowest BCUT2D eigenvalue weighted by Crippen LogP contribution is -2.51. The number of hydrogen-bond donors (Lipinski definition) is 1. The first kappa shape index (κ1) is 13.5. The van der Waals surface area contributed by atoms with E-state index in [1.807, 2.05) is 11.8 Å². The van der Waals surface area contributed by atoms with Gasteiger partial charge >= 0.3 is 0 Å². The van der Waals surface area contributed by atoms with E-state index in [-0.39, 0.29) is 24.7 Å². The average Bonchev–Trinajstić information content (AvgIpc) is 2.71. The zero-order valence-electron chi connectivity index (χ0n) is 10.4. The van der Waals surface area contributed by atoms with E-state index in [0.29, 0.717) is 6.61 Å². The van der Waals surface area contributed by atoms with Gasteiger partial charge in [-0.25, -0.2) is 0 Å². The number of carbonyl (C=O) groups excluding carboxylic acids is 1. The number of amides is 1. The minimum atomic E-state index is -0.317. The summed E-state index contributed by atoms with van der Waals surface area (Å²) in [5.41, 5.74) is -0.317. The molecule has 0 bridgehead atoms. The van der Waals surface area contributed by atoms with Crippen LogP contribution in [0.5, 0.6) is 0 Å². The van der Waals surface area contributed by atoms with Crippen molar-refractivity contribution >= 4 is 5.91 Å². The molecule has 1 atom stereocenters. The number of aliphatic hydroxyl groups is 1. The van der Waals surface area contributed by atoms with Gasteiger partial charge < -0.3 is 14.7 Å². The molecule has 1 amide bonds. The number of rotatable bonds is 6. The van der Waals surface area contributed by atoms with Gasteiger partial charge in [0.1, 0.15) is 6.61 Å². The zero-order chi connectivity index (χ0) is 12.0. The predicted molar refractivity (Wildman–Crippen MR) is 62.2 cm³/mol. The van der Waals surface area contributed by atoms with Gasteiger partial charge in [-0.1, -0.05) is 13.3 Å². The van der Waals surface area contributed by atoms with E-state index < -0.39 is 0 Å². The Hall–Kier alpha value is -0.610. The molecule has 1 rings (SSSR count). The largest absolute Gasteiger partial charge is 0.394 e. The van der Waals surface area contributed by atoms with Crippen molar-refractivity contribution in [2.45, 2.75) is 45.1 Å². The van der Waals surface area contributed by atoms with Crippen molar-refractivity contribution in [1.29, 1.82) is 0 Å². The molecule has 0 saturated carbocycles. The van der Waals surface area contributed by atoms with Crippen molar-refractivity contribution in [2.24, 2.45) is 0 Å². The van der Waals surface area contributed by atoms with E-state index in [1.54, 1.807) is 0 Å². The molecular weight excluding hydrogens is 206 g/mol. The molecule has 94 valence electrons. The molecule has 4 heteroatoms. The molecule has 1 aliphatic heterocycles. The minimum Gasteiger partial charge on any atom is -0.394 e. The lowest BCUT2D eigenvalue weighted by Gasteiger charge is -2.37. The number of hydrogen-bond acceptors (Lipinski definition) is 3. The summed E-state index contributed by atoms with van der Waals surface area (Å²) in [5, 5.41) is 9.56. The summed E-state index contributed by atoms with van der Waals surface area (Å²) in [7, 11) is 0. The van der Waals surface area contributed by atoms with Gasteiger partial charge in [-0.15, -0.1) is 0 Å². The molecule has 1 fully saturated rings. The van der Waals surface area contributed by atoms with E-state index in [1.165, 1.54) is 0 Å². The van der Waals surface area contributed by atoms with Crippen molar-refractivity contribution in [2.75, 3.05) is 26.4 Å². The Labute approximate surface area is 97.6 Å². The first-order valence-corrected chi connectivity index (χ1v) is 6.19. The van der Waals surface area contributed by atoms with Crippen molar-refractivity contribution in [3.05, 3.63) is 0 Å². The number of carbonyl (C=O) groups is 1. The van der Waals surface area contributed by atoms with Crippen LogP contribution < -0.4 is 0 Å². The van der Waals surface area contributed by atoms with Crippen molar-refractivity contribution < 1.29 is 14.6 Å². The molecule has 0 aromatic rings. The second kappa shape index (κ2) is 6.21. The quantitative estimate of drug-likeness (QED) is 0.744. The molecule has 0 radical (unpaired) electrons. The molecule has 1 unspecified atom stereocenters. The second-order valence-electron chi connectivity index (χ2n) is 4.42. The van der Waals surface area contributed by atoms with Crippen molar-refractivity contribution in [3.63, 3.8) is 0 Å². The molecule has 1 heterocycles. The molecule has 1 N–H and O–H groups in total. The highest BCUT2D eigenvalue weighted by Crippen LogP contribution is 2.33. The van der Waals surface area contributed by atoms with Crippen LogP contribution in [-0.2, 0) is 9.53 Å². The molecule has 16 heavy (non-hydrogen) atoms. The van der Waals surface area contributed by atoms with Crippen LogP contribution in [-0.4, -0.2) is 47.8 Å². The second-order valence-corrected chi connectivity index (χ2v) is 4.42. The lowest BCUT2D eigenvalue weighted by atomic mass is 9.91. The fourth-order valence-electron chi connectivity index (χ4n) is 2.56. The maximum absolute atomic E-state index is 11.9.